The molecule has 2 aromatic rings. The molecule has 178 valence electrons. The van der Waals surface area contributed by atoms with Gasteiger partial charge >= 0.3 is 0 Å². The van der Waals surface area contributed by atoms with Gasteiger partial charge in [0.2, 0.25) is 0 Å². The van der Waals surface area contributed by atoms with E-state index in [9.17, 15) is 25.2 Å². The first-order chi connectivity index (χ1) is 15.3. The number of carbonyl (C=O) groups excluding carboxylic acids is 1. The van der Waals surface area contributed by atoms with E-state index in [0.717, 1.165) is 49.7 Å². The minimum atomic E-state index is -0.0813. The molecule has 0 heterocycles. The van der Waals surface area contributed by atoms with Gasteiger partial charge in [-0.1, -0.05) is 66.4 Å². The van der Waals surface area contributed by atoms with Crippen molar-refractivity contribution in [3.63, 3.8) is 0 Å². The number of hydrogen-bond donors (Lipinski definition) is 4. The van der Waals surface area contributed by atoms with E-state index in [1.807, 2.05) is 20.8 Å². The smallest absolute Gasteiger partial charge is 0.166 e. The SMILES string of the molecule is CCCc1cc(C(=O)CC)c(O)c(CCC)c1O.CCCc1ccc(O)c(CCC)c1O. The topological polar surface area (TPSA) is 98.0 Å². The van der Waals surface area contributed by atoms with Gasteiger partial charge in [0.1, 0.15) is 23.0 Å². The van der Waals surface area contributed by atoms with Crippen molar-refractivity contribution < 1.29 is 25.2 Å². The van der Waals surface area contributed by atoms with E-state index in [-0.39, 0.29) is 28.8 Å². The minimum Gasteiger partial charge on any atom is -0.508 e. The van der Waals surface area contributed by atoms with Gasteiger partial charge in [0.05, 0.1) is 5.56 Å². The number of aryl methyl sites for hydroxylation is 2. The normalized spacial score (nSPS) is 10.5. The number of phenols is 4. The summed E-state index contributed by atoms with van der Waals surface area (Å²) in [4.78, 5) is 11.8. The molecule has 0 amide bonds. The maximum absolute atomic E-state index is 11.8. The quantitative estimate of drug-likeness (QED) is 0.310. The summed E-state index contributed by atoms with van der Waals surface area (Å²) in [6.45, 7) is 9.88. The lowest BCUT2D eigenvalue weighted by molar-refractivity contribution is 0.0985. The van der Waals surface area contributed by atoms with Crippen molar-refractivity contribution in [2.24, 2.45) is 0 Å². The Kier molecular flexibility index (Phi) is 11.7. The van der Waals surface area contributed by atoms with Crippen LogP contribution in [-0.4, -0.2) is 26.2 Å². The van der Waals surface area contributed by atoms with Crippen LogP contribution in [0.25, 0.3) is 0 Å². The summed E-state index contributed by atoms with van der Waals surface area (Å²) >= 11 is 0. The molecule has 0 fully saturated rings. The molecule has 2 rings (SSSR count). The number of rotatable bonds is 10. The Bertz CT molecular complexity index is 886. The van der Waals surface area contributed by atoms with Crippen LogP contribution in [-0.2, 0) is 25.7 Å². The maximum atomic E-state index is 11.8. The van der Waals surface area contributed by atoms with E-state index in [4.69, 9.17) is 0 Å². The minimum absolute atomic E-state index is 0.0407. The maximum Gasteiger partial charge on any atom is 0.166 e. The molecule has 0 radical (unpaired) electrons. The predicted octanol–water partition coefficient (Wildman–Crippen LogP) is 6.60. The molecule has 2 aromatic carbocycles. The first-order valence-corrected chi connectivity index (χ1v) is 11.9. The van der Waals surface area contributed by atoms with Crippen LogP contribution in [0.5, 0.6) is 23.0 Å². The second-order valence-electron chi connectivity index (χ2n) is 8.11. The molecule has 0 bridgehead atoms. The van der Waals surface area contributed by atoms with Crippen LogP contribution in [0.1, 0.15) is 99.3 Å². The van der Waals surface area contributed by atoms with Gasteiger partial charge in [0.15, 0.2) is 5.78 Å². The van der Waals surface area contributed by atoms with E-state index in [1.165, 1.54) is 0 Å². The molecule has 5 nitrogen and oxygen atoms in total. The number of Topliss-reactive ketones (excluding diaryl/α,β-unsaturated/α-hetero) is 1. The number of benzene rings is 2. The summed E-state index contributed by atoms with van der Waals surface area (Å²) in [5.41, 5.74) is 3.25. The highest BCUT2D eigenvalue weighted by Crippen LogP contribution is 2.36. The van der Waals surface area contributed by atoms with E-state index < -0.39 is 0 Å². The van der Waals surface area contributed by atoms with Crippen molar-refractivity contribution in [1.82, 2.24) is 0 Å². The Morgan fingerprint density at radius 3 is 1.69 bits per heavy atom. The number of hydrogen-bond acceptors (Lipinski definition) is 5. The van der Waals surface area contributed by atoms with Crippen molar-refractivity contribution in [2.75, 3.05) is 0 Å². The number of ketones is 1. The standard InChI is InChI=1S/C15H22O3.C12H18O2/c1-4-7-10-9-12(13(16)6-3)15(18)11(8-5-2)14(10)17;1-3-5-9-7-8-11(13)10(6-4-2)12(9)14/h9,17-18H,4-8H2,1-3H3;7-8,13-14H,3-6H2,1-2H3. The molecule has 0 unspecified atom stereocenters. The second-order valence-corrected chi connectivity index (χ2v) is 8.11. The van der Waals surface area contributed by atoms with Crippen molar-refractivity contribution >= 4 is 5.78 Å². The van der Waals surface area contributed by atoms with Gasteiger partial charge in [-0.2, -0.15) is 0 Å². The summed E-state index contributed by atoms with van der Waals surface area (Å²) in [5, 5.41) is 39.7. The third-order valence-electron chi connectivity index (χ3n) is 5.45. The van der Waals surface area contributed by atoms with Crippen LogP contribution in [0.15, 0.2) is 18.2 Å². The summed E-state index contributed by atoms with van der Waals surface area (Å²) in [7, 11) is 0. The molecule has 0 saturated carbocycles. The van der Waals surface area contributed by atoms with Crippen molar-refractivity contribution in [3.8, 4) is 23.0 Å². The zero-order valence-electron chi connectivity index (χ0n) is 20.3. The molecule has 0 aliphatic heterocycles. The molecular formula is C27H40O5. The molecule has 4 N–H and O–H groups in total. The van der Waals surface area contributed by atoms with Crippen LogP contribution in [0.3, 0.4) is 0 Å². The average molecular weight is 445 g/mol. The number of phenolic OH excluding ortho intramolecular Hbond substituents is 4. The van der Waals surface area contributed by atoms with E-state index in [1.54, 1.807) is 25.1 Å². The summed E-state index contributed by atoms with van der Waals surface area (Å²) in [6, 6.07) is 5.11. The largest absolute Gasteiger partial charge is 0.508 e. The van der Waals surface area contributed by atoms with Crippen LogP contribution in [0.4, 0.5) is 0 Å². The molecule has 0 aliphatic carbocycles. The Morgan fingerprint density at radius 1 is 0.656 bits per heavy atom. The Hall–Kier alpha value is -2.69. The van der Waals surface area contributed by atoms with E-state index in [0.29, 0.717) is 36.0 Å². The lowest BCUT2D eigenvalue weighted by Gasteiger charge is -2.14. The van der Waals surface area contributed by atoms with E-state index in [2.05, 4.69) is 6.92 Å². The Balaban J connectivity index is 0.000000330. The molecular weight excluding hydrogens is 404 g/mol. The predicted molar refractivity (Wildman–Crippen MR) is 130 cm³/mol. The molecule has 0 saturated heterocycles. The first-order valence-electron chi connectivity index (χ1n) is 11.9. The average Bonchev–Trinajstić information content (AvgIpc) is 2.78. The van der Waals surface area contributed by atoms with Crippen molar-refractivity contribution in [2.45, 2.75) is 92.4 Å². The van der Waals surface area contributed by atoms with Crippen LogP contribution < -0.4 is 0 Å². The first kappa shape index (κ1) is 27.3. The van der Waals surface area contributed by atoms with Gasteiger partial charge in [-0.05, 0) is 48.9 Å². The van der Waals surface area contributed by atoms with Gasteiger partial charge in [0.25, 0.3) is 0 Å². The summed E-state index contributed by atoms with van der Waals surface area (Å²) < 4.78 is 0. The molecule has 0 aliphatic rings. The van der Waals surface area contributed by atoms with Gasteiger partial charge in [-0.3, -0.25) is 4.79 Å². The third-order valence-corrected chi connectivity index (χ3v) is 5.45. The van der Waals surface area contributed by atoms with Gasteiger partial charge in [0, 0.05) is 17.5 Å². The van der Waals surface area contributed by atoms with Crippen LogP contribution in [0.2, 0.25) is 0 Å². The lowest BCUT2D eigenvalue weighted by atomic mass is 9.94. The highest BCUT2D eigenvalue weighted by atomic mass is 16.3. The molecule has 0 aromatic heterocycles. The monoisotopic (exact) mass is 444 g/mol. The zero-order chi connectivity index (χ0) is 24.3. The van der Waals surface area contributed by atoms with Crippen LogP contribution in [0, 0.1) is 0 Å². The fraction of sp³-hybridized carbons (Fsp3) is 0.519. The fourth-order valence-electron chi connectivity index (χ4n) is 3.77. The number of carbonyl (C=O) groups is 1. The molecule has 32 heavy (non-hydrogen) atoms. The zero-order valence-corrected chi connectivity index (χ0v) is 20.3. The van der Waals surface area contributed by atoms with Crippen molar-refractivity contribution in [3.05, 3.63) is 46.0 Å². The molecule has 0 atom stereocenters. The van der Waals surface area contributed by atoms with Gasteiger partial charge in [-0.25, -0.2) is 0 Å². The lowest BCUT2D eigenvalue weighted by Crippen LogP contribution is -2.03. The van der Waals surface area contributed by atoms with Crippen molar-refractivity contribution in [1.29, 1.82) is 0 Å². The summed E-state index contributed by atoms with van der Waals surface area (Å²) in [6.07, 6.45) is 6.89. The second kappa shape index (κ2) is 13.7. The van der Waals surface area contributed by atoms with Gasteiger partial charge < -0.3 is 20.4 Å². The van der Waals surface area contributed by atoms with Gasteiger partial charge in [-0.15, -0.1) is 0 Å². The van der Waals surface area contributed by atoms with E-state index >= 15 is 0 Å². The fourth-order valence-corrected chi connectivity index (χ4v) is 3.77. The highest BCUT2D eigenvalue weighted by Gasteiger charge is 2.19. The molecule has 5 heteroatoms. The third kappa shape index (κ3) is 6.91. The Morgan fingerprint density at radius 2 is 1.16 bits per heavy atom. The molecule has 0 spiro atoms. The highest BCUT2D eigenvalue weighted by molar-refractivity contribution is 5.99. The number of aromatic hydroxyl groups is 4. The summed E-state index contributed by atoms with van der Waals surface area (Å²) in [5.74, 6) is 0.532. The Labute approximate surface area is 192 Å². The van der Waals surface area contributed by atoms with Crippen LogP contribution >= 0.6 is 0 Å².